The van der Waals surface area contributed by atoms with Crippen LogP contribution >= 0.6 is 0 Å². The Morgan fingerprint density at radius 3 is 2.62 bits per heavy atom. The summed E-state index contributed by atoms with van der Waals surface area (Å²) in [7, 11) is 3.17. The molecule has 0 bridgehead atoms. The van der Waals surface area contributed by atoms with E-state index in [4.69, 9.17) is 4.74 Å². The maximum atomic E-state index is 12.8. The Labute approximate surface area is 151 Å². The fourth-order valence-electron chi connectivity index (χ4n) is 3.40. The Bertz CT molecular complexity index is 873. The molecule has 8 nitrogen and oxygen atoms in total. The molecule has 1 aromatic heterocycles. The lowest BCUT2D eigenvalue weighted by atomic mass is 10.0. The Hall–Kier alpha value is -2.90. The number of aryl methyl sites for hydroxylation is 1. The van der Waals surface area contributed by atoms with E-state index < -0.39 is 6.09 Å². The van der Waals surface area contributed by atoms with Gasteiger partial charge in [0.05, 0.1) is 30.7 Å². The van der Waals surface area contributed by atoms with Crippen LogP contribution in [0.3, 0.4) is 0 Å². The van der Waals surface area contributed by atoms with E-state index in [-0.39, 0.29) is 17.9 Å². The molecular weight excluding hydrogens is 334 g/mol. The molecule has 1 aliphatic carbocycles. The van der Waals surface area contributed by atoms with Crippen LogP contribution in [0.2, 0.25) is 0 Å². The molecule has 0 unspecified atom stereocenters. The molecule has 2 heterocycles. The second-order valence-electron chi connectivity index (χ2n) is 6.89. The maximum absolute atomic E-state index is 12.8. The van der Waals surface area contributed by atoms with E-state index in [1.54, 1.807) is 21.5 Å². The number of aromatic nitrogens is 3. The number of ether oxygens (including phenoxy) is 1. The van der Waals surface area contributed by atoms with E-state index in [1.165, 1.54) is 7.11 Å². The first kappa shape index (κ1) is 16.6. The minimum atomic E-state index is -0.426. The molecule has 0 saturated heterocycles. The number of carbonyl (C=O) groups excluding carboxylic acids is 2. The Morgan fingerprint density at radius 2 is 2.00 bits per heavy atom. The summed E-state index contributed by atoms with van der Waals surface area (Å²) in [5, 5.41) is 8.11. The standard InChI is InChI=1S/C18H21N5O3/c1-11-9-22(17(24)12-4-5-12)16-8-13(14-10-21(2)20-19-14)6-7-15(16)23(11)18(25)26-3/h6-8,10-12H,4-5,9H2,1-3H3/t11-/m0/s1. The van der Waals surface area contributed by atoms with Gasteiger partial charge in [0.15, 0.2) is 0 Å². The van der Waals surface area contributed by atoms with Gasteiger partial charge < -0.3 is 9.64 Å². The van der Waals surface area contributed by atoms with Crippen LogP contribution < -0.4 is 9.80 Å². The zero-order chi connectivity index (χ0) is 18.4. The molecular formula is C18H21N5O3. The number of amides is 2. The zero-order valence-electron chi connectivity index (χ0n) is 15.0. The maximum Gasteiger partial charge on any atom is 0.414 e. The molecule has 1 atom stereocenters. The van der Waals surface area contributed by atoms with Crippen molar-refractivity contribution in [2.24, 2.45) is 13.0 Å². The smallest absolute Gasteiger partial charge is 0.414 e. The first-order valence-corrected chi connectivity index (χ1v) is 8.69. The fourth-order valence-corrected chi connectivity index (χ4v) is 3.40. The molecule has 2 aliphatic rings. The quantitative estimate of drug-likeness (QED) is 0.825. The third-order valence-corrected chi connectivity index (χ3v) is 4.88. The van der Waals surface area contributed by atoms with E-state index in [0.717, 1.165) is 24.1 Å². The molecule has 8 heteroatoms. The van der Waals surface area contributed by atoms with Crippen LogP contribution in [0, 0.1) is 5.92 Å². The highest BCUT2D eigenvalue weighted by Gasteiger charge is 2.40. The van der Waals surface area contributed by atoms with E-state index in [2.05, 4.69) is 10.3 Å². The average Bonchev–Trinajstić information content (AvgIpc) is 3.40. The van der Waals surface area contributed by atoms with Crippen LogP contribution in [0.4, 0.5) is 16.2 Å². The van der Waals surface area contributed by atoms with Gasteiger partial charge in [-0.2, -0.15) is 0 Å². The van der Waals surface area contributed by atoms with E-state index in [9.17, 15) is 9.59 Å². The van der Waals surface area contributed by atoms with E-state index in [1.807, 2.05) is 31.3 Å². The molecule has 0 spiro atoms. The lowest BCUT2D eigenvalue weighted by molar-refractivity contribution is -0.119. The number of hydrogen-bond acceptors (Lipinski definition) is 5. The number of rotatable bonds is 2. The van der Waals surface area contributed by atoms with Crippen molar-refractivity contribution in [2.45, 2.75) is 25.8 Å². The highest BCUT2D eigenvalue weighted by atomic mass is 16.5. The third kappa shape index (κ3) is 2.71. The summed E-state index contributed by atoms with van der Waals surface area (Å²) in [4.78, 5) is 28.5. The van der Waals surface area contributed by atoms with Crippen LogP contribution in [0.25, 0.3) is 11.3 Å². The molecule has 1 fully saturated rings. The summed E-state index contributed by atoms with van der Waals surface area (Å²) in [6, 6.07) is 5.47. The van der Waals surface area contributed by atoms with Crippen molar-refractivity contribution in [1.82, 2.24) is 15.0 Å². The molecule has 1 aliphatic heterocycles. The first-order chi connectivity index (χ1) is 12.5. The van der Waals surface area contributed by atoms with Crippen LogP contribution in [0.15, 0.2) is 24.4 Å². The van der Waals surface area contributed by atoms with Crippen LogP contribution in [-0.2, 0) is 16.6 Å². The molecule has 26 heavy (non-hydrogen) atoms. The van der Waals surface area contributed by atoms with Gasteiger partial charge in [-0.3, -0.25) is 14.4 Å². The van der Waals surface area contributed by atoms with Gasteiger partial charge in [-0.1, -0.05) is 11.3 Å². The minimum Gasteiger partial charge on any atom is -0.452 e. The van der Waals surface area contributed by atoms with Gasteiger partial charge in [0, 0.05) is 25.1 Å². The van der Waals surface area contributed by atoms with Gasteiger partial charge in [0.2, 0.25) is 5.91 Å². The molecule has 0 N–H and O–H groups in total. The van der Waals surface area contributed by atoms with Gasteiger partial charge in [-0.15, -0.1) is 5.10 Å². The van der Waals surface area contributed by atoms with Crippen molar-refractivity contribution in [3.05, 3.63) is 24.4 Å². The van der Waals surface area contributed by atoms with Crippen molar-refractivity contribution < 1.29 is 14.3 Å². The summed E-state index contributed by atoms with van der Waals surface area (Å²) in [6.45, 7) is 2.37. The van der Waals surface area contributed by atoms with Crippen molar-refractivity contribution in [1.29, 1.82) is 0 Å². The molecule has 136 valence electrons. The van der Waals surface area contributed by atoms with Crippen LogP contribution in [0.1, 0.15) is 19.8 Å². The zero-order valence-corrected chi connectivity index (χ0v) is 15.0. The number of carbonyl (C=O) groups is 2. The van der Waals surface area contributed by atoms with Crippen molar-refractivity contribution in [3.8, 4) is 11.3 Å². The number of anilines is 2. The van der Waals surface area contributed by atoms with Crippen molar-refractivity contribution >= 4 is 23.4 Å². The molecule has 1 aromatic carbocycles. The predicted molar refractivity (Wildman–Crippen MR) is 95.9 cm³/mol. The van der Waals surface area contributed by atoms with Gasteiger partial charge in [-0.25, -0.2) is 4.79 Å². The minimum absolute atomic E-state index is 0.0971. The van der Waals surface area contributed by atoms with Crippen molar-refractivity contribution in [3.63, 3.8) is 0 Å². The molecule has 0 radical (unpaired) electrons. The first-order valence-electron chi connectivity index (χ1n) is 8.69. The summed E-state index contributed by atoms with van der Waals surface area (Å²) < 4.78 is 6.58. The van der Waals surface area contributed by atoms with E-state index in [0.29, 0.717) is 17.9 Å². The Kier molecular flexibility index (Phi) is 3.90. The lowest BCUT2D eigenvalue weighted by Crippen LogP contribution is -2.52. The second kappa shape index (κ2) is 6.12. The summed E-state index contributed by atoms with van der Waals surface area (Å²) in [6.07, 6.45) is 3.26. The third-order valence-electron chi connectivity index (χ3n) is 4.88. The van der Waals surface area contributed by atoms with Crippen molar-refractivity contribution in [2.75, 3.05) is 23.5 Å². The SMILES string of the molecule is COC(=O)N1c2ccc(-c3cn(C)nn3)cc2N(C(=O)C2CC2)C[C@@H]1C. The van der Waals surface area contributed by atoms with Crippen LogP contribution in [0.5, 0.6) is 0 Å². The van der Waals surface area contributed by atoms with Gasteiger partial charge in [-0.05, 0) is 31.9 Å². The summed E-state index contributed by atoms with van der Waals surface area (Å²) in [5.41, 5.74) is 2.97. The predicted octanol–water partition coefficient (Wildman–Crippen LogP) is 2.20. The van der Waals surface area contributed by atoms with E-state index >= 15 is 0 Å². The number of hydrogen-bond donors (Lipinski definition) is 0. The highest BCUT2D eigenvalue weighted by molar-refractivity contribution is 6.05. The number of nitrogens with zero attached hydrogens (tertiary/aromatic N) is 5. The normalized spacial score (nSPS) is 19.3. The molecule has 4 rings (SSSR count). The van der Waals surface area contributed by atoms with Gasteiger partial charge >= 0.3 is 6.09 Å². The summed E-state index contributed by atoms with van der Waals surface area (Å²) >= 11 is 0. The lowest BCUT2D eigenvalue weighted by Gasteiger charge is -2.40. The number of fused-ring (bicyclic) bond motifs is 1. The van der Waals surface area contributed by atoms with Crippen LogP contribution in [-0.4, -0.2) is 46.7 Å². The van der Waals surface area contributed by atoms with Gasteiger partial charge in [0.1, 0.15) is 5.69 Å². The fraction of sp³-hybridized carbons (Fsp3) is 0.444. The monoisotopic (exact) mass is 355 g/mol. The topological polar surface area (TPSA) is 80.6 Å². The molecule has 2 aromatic rings. The number of benzene rings is 1. The second-order valence-corrected chi connectivity index (χ2v) is 6.89. The average molecular weight is 355 g/mol. The molecule has 2 amide bonds. The Balaban J connectivity index is 1.81. The highest BCUT2D eigenvalue weighted by Crippen LogP contribution is 2.41. The summed E-state index contributed by atoms with van der Waals surface area (Å²) in [5.74, 6) is 0.221. The largest absolute Gasteiger partial charge is 0.452 e. The molecule has 1 saturated carbocycles. The number of methoxy groups -OCH3 is 1. The Morgan fingerprint density at radius 1 is 1.23 bits per heavy atom. The van der Waals surface area contributed by atoms with Gasteiger partial charge in [0.25, 0.3) is 0 Å².